The Kier molecular flexibility index (Phi) is 13.1. The van der Waals surface area contributed by atoms with Gasteiger partial charge in [-0.2, -0.15) is 0 Å². The van der Waals surface area contributed by atoms with Crippen molar-refractivity contribution in [2.45, 2.75) is 40.0 Å². The summed E-state index contributed by atoms with van der Waals surface area (Å²) in [7, 11) is 1.90. The molecule has 3 heteroatoms. The van der Waals surface area contributed by atoms with E-state index in [-0.39, 0.29) is 5.92 Å². The fourth-order valence-electron chi connectivity index (χ4n) is 0.876. The van der Waals surface area contributed by atoms with Gasteiger partial charge in [0.2, 0.25) is 0 Å². The van der Waals surface area contributed by atoms with Crippen LogP contribution in [0.5, 0.6) is 0 Å². The van der Waals surface area contributed by atoms with E-state index in [2.05, 4.69) is 5.32 Å². The minimum atomic E-state index is -0.686. The molecule has 0 fully saturated rings. The van der Waals surface area contributed by atoms with Gasteiger partial charge in [0, 0.05) is 0 Å². The molecule has 13 heavy (non-hydrogen) atoms. The highest BCUT2D eigenvalue weighted by Gasteiger charge is 2.08. The molecule has 0 amide bonds. The Balaban J connectivity index is 0. The Morgan fingerprint density at radius 1 is 1.38 bits per heavy atom. The first-order chi connectivity index (χ1) is 6.18. The van der Waals surface area contributed by atoms with Crippen LogP contribution in [-0.4, -0.2) is 24.7 Å². The van der Waals surface area contributed by atoms with Gasteiger partial charge in [-0.25, -0.2) is 0 Å². The number of aliphatic carboxylic acids is 1. The summed E-state index contributed by atoms with van der Waals surface area (Å²) in [4.78, 5) is 10.3. The molecule has 0 saturated carbocycles. The number of carboxylic acid groups (broad SMARTS) is 1. The molecule has 0 aliphatic carbocycles. The maximum Gasteiger partial charge on any atom is 0.306 e. The zero-order chi connectivity index (χ0) is 10.7. The SMILES string of the molecule is CC.CNCCCCC(C)C(=O)O. The molecule has 2 N–H and O–H groups in total. The molecule has 0 heterocycles. The third-order valence-corrected chi connectivity index (χ3v) is 1.74. The molecule has 0 saturated heterocycles. The fraction of sp³-hybridized carbons (Fsp3) is 0.900. The van der Waals surface area contributed by atoms with Crippen molar-refractivity contribution in [1.82, 2.24) is 5.32 Å². The predicted octanol–water partition coefficient (Wildman–Crippen LogP) is 2.12. The van der Waals surface area contributed by atoms with Crippen molar-refractivity contribution < 1.29 is 9.90 Å². The third-order valence-electron chi connectivity index (χ3n) is 1.74. The van der Waals surface area contributed by atoms with Gasteiger partial charge in [-0.15, -0.1) is 0 Å². The van der Waals surface area contributed by atoms with Crippen LogP contribution in [0.25, 0.3) is 0 Å². The summed E-state index contributed by atoms with van der Waals surface area (Å²) < 4.78 is 0. The van der Waals surface area contributed by atoms with Gasteiger partial charge in [0.05, 0.1) is 5.92 Å². The van der Waals surface area contributed by atoms with E-state index in [4.69, 9.17) is 5.11 Å². The Labute approximate surface area is 81.5 Å². The van der Waals surface area contributed by atoms with Crippen molar-refractivity contribution >= 4 is 5.97 Å². The van der Waals surface area contributed by atoms with E-state index in [1.807, 2.05) is 20.9 Å². The highest BCUT2D eigenvalue weighted by Crippen LogP contribution is 2.06. The van der Waals surface area contributed by atoms with Gasteiger partial charge < -0.3 is 10.4 Å². The molecule has 0 aromatic carbocycles. The van der Waals surface area contributed by atoms with Crippen LogP contribution in [0.2, 0.25) is 0 Å². The lowest BCUT2D eigenvalue weighted by Gasteiger charge is -2.04. The van der Waals surface area contributed by atoms with Gasteiger partial charge in [-0.1, -0.05) is 27.2 Å². The monoisotopic (exact) mass is 189 g/mol. The molecular formula is C10H23NO2. The van der Waals surface area contributed by atoms with Gasteiger partial charge in [-0.05, 0) is 26.4 Å². The first-order valence-corrected chi connectivity index (χ1v) is 5.06. The summed E-state index contributed by atoms with van der Waals surface area (Å²) in [5.74, 6) is -0.874. The molecule has 0 aromatic heterocycles. The molecule has 80 valence electrons. The highest BCUT2D eigenvalue weighted by molar-refractivity contribution is 5.69. The first kappa shape index (κ1) is 14.9. The molecule has 1 atom stereocenters. The number of carboxylic acids is 1. The summed E-state index contributed by atoms with van der Waals surface area (Å²) in [5.41, 5.74) is 0. The van der Waals surface area contributed by atoms with Crippen molar-refractivity contribution in [1.29, 1.82) is 0 Å². The largest absolute Gasteiger partial charge is 0.481 e. The van der Waals surface area contributed by atoms with Crippen molar-refractivity contribution in [3.05, 3.63) is 0 Å². The normalized spacial score (nSPS) is 11.4. The average Bonchev–Trinajstić information content (AvgIpc) is 2.15. The van der Waals surface area contributed by atoms with Crippen molar-refractivity contribution in [2.75, 3.05) is 13.6 Å². The Morgan fingerprint density at radius 3 is 2.31 bits per heavy atom. The van der Waals surface area contributed by atoms with Crippen LogP contribution in [0.1, 0.15) is 40.0 Å². The molecule has 3 nitrogen and oxygen atoms in total. The average molecular weight is 189 g/mol. The highest BCUT2D eigenvalue weighted by atomic mass is 16.4. The van der Waals surface area contributed by atoms with E-state index in [1.165, 1.54) is 0 Å². The van der Waals surface area contributed by atoms with Crippen LogP contribution < -0.4 is 5.32 Å². The number of carbonyl (C=O) groups is 1. The van der Waals surface area contributed by atoms with Crippen LogP contribution in [0, 0.1) is 5.92 Å². The van der Waals surface area contributed by atoms with Crippen LogP contribution in [0.4, 0.5) is 0 Å². The lowest BCUT2D eigenvalue weighted by molar-refractivity contribution is -0.141. The summed E-state index contributed by atoms with van der Waals surface area (Å²) in [5, 5.41) is 11.5. The maximum atomic E-state index is 10.3. The van der Waals surface area contributed by atoms with Gasteiger partial charge in [0.1, 0.15) is 0 Å². The summed E-state index contributed by atoms with van der Waals surface area (Å²) in [6.45, 7) is 6.73. The predicted molar refractivity (Wildman–Crippen MR) is 55.9 cm³/mol. The smallest absolute Gasteiger partial charge is 0.306 e. The molecule has 0 aliphatic rings. The molecule has 0 aliphatic heterocycles. The van der Waals surface area contributed by atoms with Gasteiger partial charge in [0.15, 0.2) is 0 Å². The minimum absolute atomic E-state index is 0.188. The molecule has 0 aromatic rings. The number of unbranched alkanes of at least 4 members (excludes halogenated alkanes) is 1. The zero-order valence-electron chi connectivity index (χ0n) is 9.26. The van der Waals surface area contributed by atoms with Crippen molar-refractivity contribution in [3.8, 4) is 0 Å². The number of hydrogen-bond acceptors (Lipinski definition) is 2. The van der Waals surface area contributed by atoms with Gasteiger partial charge in [0.25, 0.3) is 0 Å². The Morgan fingerprint density at radius 2 is 1.92 bits per heavy atom. The molecule has 1 unspecified atom stereocenters. The Bertz CT molecular complexity index is 115. The minimum Gasteiger partial charge on any atom is -0.481 e. The van der Waals surface area contributed by atoms with Gasteiger partial charge in [-0.3, -0.25) is 4.79 Å². The maximum absolute atomic E-state index is 10.3. The summed E-state index contributed by atoms with van der Waals surface area (Å²) >= 11 is 0. The Hall–Kier alpha value is -0.570. The van der Waals surface area contributed by atoms with E-state index in [0.717, 1.165) is 25.8 Å². The second-order valence-electron chi connectivity index (χ2n) is 2.84. The standard InChI is InChI=1S/C8H17NO2.C2H6/c1-7(8(10)11)5-3-4-6-9-2;1-2/h7,9H,3-6H2,1-2H3,(H,10,11);1-2H3. The molecule has 0 bridgehead atoms. The van der Waals surface area contributed by atoms with Crippen LogP contribution in [0.15, 0.2) is 0 Å². The third kappa shape index (κ3) is 11.4. The number of rotatable bonds is 6. The number of nitrogens with one attached hydrogen (secondary N) is 1. The molecular weight excluding hydrogens is 166 g/mol. The summed E-state index contributed by atoms with van der Waals surface area (Å²) in [6.07, 6.45) is 2.85. The van der Waals surface area contributed by atoms with Crippen molar-refractivity contribution in [2.24, 2.45) is 5.92 Å². The lowest BCUT2D eigenvalue weighted by Crippen LogP contribution is -2.11. The topological polar surface area (TPSA) is 49.3 Å². The van der Waals surface area contributed by atoms with E-state index in [1.54, 1.807) is 6.92 Å². The lowest BCUT2D eigenvalue weighted by atomic mass is 10.0. The number of hydrogen-bond donors (Lipinski definition) is 2. The van der Waals surface area contributed by atoms with Crippen LogP contribution >= 0.6 is 0 Å². The van der Waals surface area contributed by atoms with E-state index in [0.29, 0.717) is 0 Å². The molecule has 0 radical (unpaired) electrons. The second-order valence-corrected chi connectivity index (χ2v) is 2.84. The second kappa shape index (κ2) is 11.4. The molecule has 0 spiro atoms. The summed E-state index contributed by atoms with van der Waals surface area (Å²) in [6, 6.07) is 0. The van der Waals surface area contributed by atoms with Crippen LogP contribution in [0.3, 0.4) is 0 Å². The van der Waals surface area contributed by atoms with E-state index >= 15 is 0 Å². The molecule has 0 rings (SSSR count). The van der Waals surface area contributed by atoms with Crippen LogP contribution in [-0.2, 0) is 4.79 Å². The van der Waals surface area contributed by atoms with Gasteiger partial charge >= 0.3 is 5.97 Å². The zero-order valence-corrected chi connectivity index (χ0v) is 9.26. The first-order valence-electron chi connectivity index (χ1n) is 5.06. The fourth-order valence-corrected chi connectivity index (χ4v) is 0.876. The van der Waals surface area contributed by atoms with Crippen molar-refractivity contribution in [3.63, 3.8) is 0 Å². The van der Waals surface area contributed by atoms with E-state index < -0.39 is 5.97 Å². The quantitative estimate of drug-likeness (QED) is 0.629. The van der Waals surface area contributed by atoms with E-state index in [9.17, 15) is 4.79 Å².